The molecule has 0 fully saturated rings. The smallest absolute Gasteiger partial charge is 0.303 e. The monoisotopic (exact) mass is 264 g/mol. The van der Waals surface area contributed by atoms with Gasteiger partial charge in [-0.05, 0) is 0 Å². The van der Waals surface area contributed by atoms with Crippen LogP contribution in [0.15, 0.2) is 12.4 Å². The fraction of sp³-hybridized carbons (Fsp3) is 0.444. The van der Waals surface area contributed by atoms with Crippen molar-refractivity contribution in [2.24, 2.45) is 0 Å². The van der Waals surface area contributed by atoms with Crippen LogP contribution in [-0.2, 0) is 9.53 Å². The zero-order chi connectivity index (χ0) is 12.0. The fourth-order valence-corrected chi connectivity index (χ4v) is 1.23. The summed E-state index contributed by atoms with van der Waals surface area (Å²) in [5, 5.41) is 0.152. The SMILES string of the molecule is CC(=O)OC(CCl)COc1nccnc1Cl. The number of hydrogen-bond acceptors (Lipinski definition) is 5. The van der Waals surface area contributed by atoms with Crippen LogP contribution in [0.4, 0.5) is 0 Å². The van der Waals surface area contributed by atoms with Gasteiger partial charge >= 0.3 is 5.97 Å². The molecule has 1 atom stereocenters. The first-order valence-corrected chi connectivity index (χ1v) is 5.37. The predicted octanol–water partition coefficient (Wildman–Crippen LogP) is 1.68. The molecule has 1 aromatic heterocycles. The third-order valence-corrected chi connectivity index (χ3v) is 2.14. The Kier molecular flexibility index (Phi) is 5.28. The summed E-state index contributed by atoms with van der Waals surface area (Å²) < 4.78 is 10.1. The molecule has 5 nitrogen and oxygen atoms in total. The molecule has 0 saturated heterocycles. The summed E-state index contributed by atoms with van der Waals surface area (Å²) in [6.07, 6.45) is 2.36. The number of halogens is 2. The van der Waals surface area contributed by atoms with E-state index in [-0.39, 0.29) is 23.5 Å². The van der Waals surface area contributed by atoms with Gasteiger partial charge < -0.3 is 9.47 Å². The largest absolute Gasteiger partial charge is 0.471 e. The van der Waals surface area contributed by atoms with Crippen LogP contribution in [0.25, 0.3) is 0 Å². The molecule has 1 unspecified atom stereocenters. The van der Waals surface area contributed by atoms with Crippen LogP contribution in [0.2, 0.25) is 5.15 Å². The number of carbonyl (C=O) groups excluding carboxylic acids is 1. The van der Waals surface area contributed by atoms with Gasteiger partial charge in [0.15, 0.2) is 5.15 Å². The topological polar surface area (TPSA) is 61.3 Å². The number of ether oxygens (including phenoxy) is 2. The first-order chi connectivity index (χ1) is 7.63. The van der Waals surface area contributed by atoms with Crippen molar-refractivity contribution in [1.82, 2.24) is 9.97 Å². The minimum Gasteiger partial charge on any atom is -0.471 e. The van der Waals surface area contributed by atoms with Gasteiger partial charge in [-0.25, -0.2) is 9.97 Å². The second-order valence-corrected chi connectivity index (χ2v) is 3.52. The van der Waals surface area contributed by atoms with E-state index in [0.29, 0.717) is 0 Å². The van der Waals surface area contributed by atoms with Crippen LogP contribution in [0.1, 0.15) is 6.92 Å². The van der Waals surface area contributed by atoms with E-state index in [0.717, 1.165) is 0 Å². The third kappa shape index (κ3) is 4.20. The lowest BCUT2D eigenvalue weighted by atomic mass is 10.4. The first kappa shape index (κ1) is 13.0. The Morgan fingerprint density at radius 1 is 1.50 bits per heavy atom. The lowest BCUT2D eigenvalue weighted by Crippen LogP contribution is -2.25. The Morgan fingerprint density at radius 2 is 2.19 bits per heavy atom. The molecule has 0 amide bonds. The summed E-state index contributed by atoms with van der Waals surface area (Å²) in [7, 11) is 0. The first-order valence-electron chi connectivity index (χ1n) is 4.46. The summed E-state index contributed by atoms with van der Waals surface area (Å²) in [6, 6.07) is 0. The van der Waals surface area contributed by atoms with Gasteiger partial charge in [-0.1, -0.05) is 11.6 Å². The van der Waals surface area contributed by atoms with Crippen LogP contribution in [-0.4, -0.2) is 34.5 Å². The van der Waals surface area contributed by atoms with Crippen molar-refractivity contribution in [3.63, 3.8) is 0 Å². The molecule has 7 heteroatoms. The van der Waals surface area contributed by atoms with E-state index in [1.807, 2.05) is 0 Å². The van der Waals surface area contributed by atoms with Crippen molar-refractivity contribution in [3.8, 4) is 5.88 Å². The van der Waals surface area contributed by atoms with Crippen LogP contribution in [0.3, 0.4) is 0 Å². The van der Waals surface area contributed by atoms with Gasteiger partial charge in [0.2, 0.25) is 0 Å². The molecule has 0 N–H and O–H groups in total. The van der Waals surface area contributed by atoms with Gasteiger partial charge in [-0.15, -0.1) is 11.6 Å². The van der Waals surface area contributed by atoms with Crippen LogP contribution in [0, 0.1) is 0 Å². The minimum atomic E-state index is -0.530. The van der Waals surface area contributed by atoms with Crippen LogP contribution < -0.4 is 4.74 Å². The number of hydrogen-bond donors (Lipinski definition) is 0. The van der Waals surface area contributed by atoms with Crippen molar-refractivity contribution < 1.29 is 14.3 Å². The Balaban J connectivity index is 2.49. The zero-order valence-corrected chi connectivity index (χ0v) is 10.0. The Hall–Kier alpha value is -1.07. The van der Waals surface area contributed by atoms with Crippen LogP contribution >= 0.6 is 23.2 Å². The van der Waals surface area contributed by atoms with Gasteiger partial charge in [-0.2, -0.15) is 0 Å². The summed E-state index contributed by atoms with van der Waals surface area (Å²) in [6.45, 7) is 1.39. The van der Waals surface area contributed by atoms with Crippen LogP contribution in [0.5, 0.6) is 5.88 Å². The average Bonchev–Trinajstić information content (AvgIpc) is 2.25. The Labute approximate surface area is 103 Å². The van der Waals surface area contributed by atoms with Gasteiger partial charge in [-0.3, -0.25) is 4.79 Å². The highest BCUT2D eigenvalue weighted by molar-refractivity contribution is 6.30. The number of esters is 1. The van der Waals surface area contributed by atoms with Crippen molar-refractivity contribution in [3.05, 3.63) is 17.5 Å². The van der Waals surface area contributed by atoms with Crippen molar-refractivity contribution in [2.45, 2.75) is 13.0 Å². The number of carbonyl (C=O) groups is 1. The van der Waals surface area contributed by atoms with Gasteiger partial charge in [0.1, 0.15) is 12.7 Å². The maximum Gasteiger partial charge on any atom is 0.303 e. The summed E-state index contributed by atoms with van der Waals surface area (Å²) in [4.78, 5) is 18.3. The standard InChI is InChI=1S/C9H10Cl2N2O3/c1-6(14)16-7(4-10)5-15-9-8(11)12-2-3-13-9/h2-3,7H,4-5H2,1H3. The molecule has 0 spiro atoms. The predicted molar refractivity (Wildman–Crippen MR) is 58.8 cm³/mol. The van der Waals surface area contributed by atoms with E-state index >= 15 is 0 Å². The maximum absolute atomic E-state index is 10.7. The molecule has 0 saturated carbocycles. The highest BCUT2D eigenvalue weighted by Gasteiger charge is 2.13. The molecule has 1 aromatic rings. The van der Waals surface area contributed by atoms with E-state index in [1.54, 1.807) is 0 Å². The van der Waals surface area contributed by atoms with Gasteiger partial charge in [0.05, 0.1) is 5.88 Å². The minimum absolute atomic E-state index is 0.0848. The molecule has 0 aromatic carbocycles. The molecule has 1 rings (SSSR count). The second kappa shape index (κ2) is 6.50. The van der Waals surface area contributed by atoms with Crippen molar-refractivity contribution in [2.75, 3.05) is 12.5 Å². The number of alkyl halides is 1. The Morgan fingerprint density at radius 3 is 2.75 bits per heavy atom. The molecule has 0 aliphatic carbocycles. The lowest BCUT2D eigenvalue weighted by molar-refractivity contribution is -0.146. The maximum atomic E-state index is 10.7. The second-order valence-electron chi connectivity index (χ2n) is 2.85. The van der Waals surface area contributed by atoms with E-state index in [2.05, 4.69) is 9.97 Å². The average molecular weight is 265 g/mol. The highest BCUT2D eigenvalue weighted by atomic mass is 35.5. The van der Waals surface area contributed by atoms with E-state index in [9.17, 15) is 4.79 Å². The zero-order valence-electron chi connectivity index (χ0n) is 8.52. The summed E-state index contributed by atoms with van der Waals surface area (Å²) in [5.41, 5.74) is 0. The molecular formula is C9H10Cl2N2O3. The quantitative estimate of drug-likeness (QED) is 0.598. The molecule has 0 aliphatic rings. The number of aromatic nitrogens is 2. The normalized spacial score (nSPS) is 11.9. The lowest BCUT2D eigenvalue weighted by Gasteiger charge is -2.14. The summed E-state index contributed by atoms with van der Waals surface area (Å²) in [5.74, 6) is -0.0943. The van der Waals surface area contributed by atoms with Crippen molar-refractivity contribution in [1.29, 1.82) is 0 Å². The van der Waals surface area contributed by atoms with E-state index in [1.165, 1.54) is 19.3 Å². The van der Waals surface area contributed by atoms with Crippen molar-refractivity contribution >= 4 is 29.2 Å². The van der Waals surface area contributed by atoms with E-state index in [4.69, 9.17) is 32.7 Å². The molecule has 0 aliphatic heterocycles. The van der Waals surface area contributed by atoms with E-state index < -0.39 is 12.1 Å². The Bertz CT molecular complexity index is 362. The number of rotatable bonds is 5. The highest BCUT2D eigenvalue weighted by Crippen LogP contribution is 2.17. The molecule has 0 bridgehead atoms. The van der Waals surface area contributed by atoms with Gasteiger partial charge in [0, 0.05) is 19.3 Å². The molecular weight excluding hydrogens is 255 g/mol. The molecule has 88 valence electrons. The summed E-state index contributed by atoms with van der Waals surface area (Å²) >= 11 is 11.3. The number of nitrogens with zero attached hydrogens (tertiary/aromatic N) is 2. The molecule has 16 heavy (non-hydrogen) atoms. The van der Waals surface area contributed by atoms with Gasteiger partial charge in [0.25, 0.3) is 5.88 Å². The third-order valence-electron chi connectivity index (χ3n) is 1.53. The molecule has 0 radical (unpaired) electrons. The fourth-order valence-electron chi connectivity index (χ4n) is 0.922. The molecule has 1 heterocycles.